The number of nitrogens with zero attached hydrogens (tertiary/aromatic N) is 4. The molecule has 10 nitrogen and oxygen atoms in total. The Hall–Kier alpha value is -3.55. The van der Waals surface area contributed by atoms with Crippen LogP contribution in [-0.4, -0.2) is 88.7 Å². The highest BCUT2D eigenvalue weighted by atomic mass is 32.2. The van der Waals surface area contributed by atoms with Crippen molar-refractivity contribution in [1.29, 1.82) is 0 Å². The van der Waals surface area contributed by atoms with E-state index in [-0.39, 0.29) is 17.3 Å². The average molecular weight is 639 g/mol. The molecule has 2 heterocycles. The first-order valence-electron chi connectivity index (χ1n) is 14.6. The summed E-state index contributed by atoms with van der Waals surface area (Å²) in [6, 6.07) is 19.3. The van der Waals surface area contributed by atoms with Gasteiger partial charge in [0.15, 0.2) is 5.13 Å². The van der Waals surface area contributed by atoms with Crippen molar-refractivity contribution >= 4 is 42.6 Å². The van der Waals surface area contributed by atoms with E-state index in [4.69, 9.17) is 19.2 Å². The number of thiazole rings is 1. The molecule has 0 atom stereocenters. The number of carbonyl (C=O) groups is 1. The SMILES string of the molecule is CCN(Cc1ccccc1)S(=O)(=O)c1ccc(C(=O)N(CCCN2CCOCC2)c2nc3c(OC)ccc(OC)c3s2)cc1. The first-order valence-corrected chi connectivity index (χ1v) is 16.9. The number of methoxy groups -OCH3 is 2. The summed E-state index contributed by atoms with van der Waals surface area (Å²) < 4.78 is 45.8. The van der Waals surface area contributed by atoms with E-state index in [9.17, 15) is 13.2 Å². The van der Waals surface area contributed by atoms with Crippen LogP contribution >= 0.6 is 11.3 Å². The van der Waals surface area contributed by atoms with Gasteiger partial charge in [0.05, 0.1) is 32.3 Å². The van der Waals surface area contributed by atoms with Crippen LogP contribution in [0.1, 0.15) is 29.3 Å². The molecular formula is C32H38N4O6S2. The van der Waals surface area contributed by atoms with Gasteiger partial charge in [-0.25, -0.2) is 13.4 Å². The number of sulfonamides is 1. The number of carbonyl (C=O) groups excluding carboxylic acids is 1. The lowest BCUT2D eigenvalue weighted by atomic mass is 10.2. The molecule has 4 aromatic rings. The number of benzene rings is 3. The number of rotatable bonds is 13. The molecule has 5 rings (SSSR count). The van der Waals surface area contributed by atoms with Gasteiger partial charge < -0.3 is 14.2 Å². The second kappa shape index (κ2) is 14.5. The van der Waals surface area contributed by atoms with Gasteiger partial charge in [0, 0.05) is 44.8 Å². The van der Waals surface area contributed by atoms with Crippen LogP contribution < -0.4 is 14.4 Å². The summed E-state index contributed by atoms with van der Waals surface area (Å²) >= 11 is 1.36. The molecule has 44 heavy (non-hydrogen) atoms. The number of aromatic nitrogens is 1. The Balaban J connectivity index is 1.41. The maximum absolute atomic E-state index is 14.0. The van der Waals surface area contributed by atoms with E-state index < -0.39 is 10.0 Å². The van der Waals surface area contributed by atoms with E-state index in [1.807, 2.05) is 43.3 Å². The number of hydrogen-bond acceptors (Lipinski definition) is 9. The fraction of sp³-hybridized carbons (Fsp3) is 0.375. The number of ether oxygens (including phenoxy) is 3. The molecule has 1 fully saturated rings. The van der Waals surface area contributed by atoms with E-state index in [1.165, 1.54) is 27.8 Å². The third-order valence-electron chi connectivity index (χ3n) is 7.63. The van der Waals surface area contributed by atoms with Crippen LogP contribution in [0.5, 0.6) is 11.5 Å². The van der Waals surface area contributed by atoms with Crippen molar-refractivity contribution in [3.63, 3.8) is 0 Å². The third kappa shape index (κ3) is 7.05. The Morgan fingerprint density at radius 1 is 0.977 bits per heavy atom. The highest BCUT2D eigenvalue weighted by Gasteiger charge is 2.27. The van der Waals surface area contributed by atoms with E-state index in [0.717, 1.165) is 36.3 Å². The summed E-state index contributed by atoms with van der Waals surface area (Å²) in [6.07, 6.45) is 0.730. The quantitative estimate of drug-likeness (QED) is 0.204. The van der Waals surface area contributed by atoms with E-state index in [0.29, 0.717) is 54.0 Å². The highest BCUT2D eigenvalue weighted by molar-refractivity contribution is 7.89. The fourth-order valence-electron chi connectivity index (χ4n) is 5.18. The molecule has 0 radical (unpaired) electrons. The van der Waals surface area contributed by atoms with Crippen molar-refractivity contribution in [2.75, 3.05) is 65.1 Å². The lowest BCUT2D eigenvalue weighted by Crippen LogP contribution is -2.39. The standard InChI is InChI=1S/C32H38N4O6S2/c1-4-35(23-24-9-6-5-7-10-24)44(38,39)26-13-11-25(12-14-26)31(37)36(18-8-17-34-19-21-42-22-20-34)32-33-29-27(40-2)15-16-28(41-3)30(29)43-32/h5-7,9-16H,4,8,17-23H2,1-3H3. The largest absolute Gasteiger partial charge is 0.495 e. The van der Waals surface area contributed by atoms with Crippen LogP contribution in [0.25, 0.3) is 10.2 Å². The molecule has 0 aliphatic carbocycles. The van der Waals surface area contributed by atoms with Gasteiger partial charge in [-0.1, -0.05) is 48.6 Å². The summed E-state index contributed by atoms with van der Waals surface area (Å²) in [6.45, 7) is 6.77. The summed E-state index contributed by atoms with van der Waals surface area (Å²) in [5, 5.41) is 0.520. The van der Waals surface area contributed by atoms with Gasteiger partial charge in [-0.05, 0) is 48.4 Å². The molecule has 0 N–H and O–H groups in total. The van der Waals surface area contributed by atoms with Crippen molar-refractivity contribution < 1.29 is 27.4 Å². The highest BCUT2D eigenvalue weighted by Crippen LogP contribution is 2.40. The molecule has 1 aliphatic rings. The van der Waals surface area contributed by atoms with Crippen molar-refractivity contribution in [2.45, 2.75) is 24.8 Å². The predicted molar refractivity (Wildman–Crippen MR) is 172 cm³/mol. The van der Waals surface area contributed by atoms with Crippen LogP contribution in [0.4, 0.5) is 5.13 Å². The smallest absolute Gasteiger partial charge is 0.260 e. The van der Waals surface area contributed by atoms with Crippen molar-refractivity contribution in [2.24, 2.45) is 0 Å². The zero-order valence-corrected chi connectivity index (χ0v) is 26.9. The second-order valence-corrected chi connectivity index (χ2v) is 13.3. The lowest BCUT2D eigenvalue weighted by Gasteiger charge is -2.27. The molecule has 234 valence electrons. The maximum Gasteiger partial charge on any atom is 0.260 e. The lowest BCUT2D eigenvalue weighted by molar-refractivity contribution is 0.0376. The molecule has 3 aromatic carbocycles. The minimum Gasteiger partial charge on any atom is -0.495 e. The van der Waals surface area contributed by atoms with Crippen LogP contribution in [-0.2, 0) is 21.3 Å². The van der Waals surface area contributed by atoms with Gasteiger partial charge in [0.1, 0.15) is 21.7 Å². The molecule has 1 amide bonds. The summed E-state index contributed by atoms with van der Waals surface area (Å²) in [5.74, 6) is 0.981. The number of fused-ring (bicyclic) bond motifs is 1. The number of hydrogen-bond donors (Lipinski definition) is 0. The summed E-state index contributed by atoms with van der Waals surface area (Å²) in [7, 11) is -0.587. The van der Waals surface area contributed by atoms with Crippen molar-refractivity contribution in [3.05, 3.63) is 77.9 Å². The zero-order chi connectivity index (χ0) is 31.1. The summed E-state index contributed by atoms with van der Waals surface area (Å²) in [4.78, 5) is 23.0. The zero-order valence-electron chi connectivity index (χ0n) is 25.3. The molecular weight excluding hydrogens is 601 g/mol. The van der Waals surface area contributed by atoms with E-state index in [1.54, 1.807) is 37.3 Å². The minimum atomic E-state index is -3.77. The monoisotopic (exact) mass is 638 g/mol. The number of amides is 1. The van der Waals surface area contributed by atoms with Gasteiger partial charge in [-0.15, -0.1) is 0 Å². The first-order chi connectivity index (χ1) is 21.3. The Morgan fingerprint density at radius 2 is 1.66 bits per heavy atom. The molecule has 1 aliphatic heterocycles. The van der Waals surface area contributed by atoms with Crippen LogP contribution in [0.15, 0.2) is 71.6 Å². The van der Waals surface area contributed by atoms with Gasteiger partial charge in [-0.2, -0.15) is 4.31 Å². The van der Waals surface area contributed by atoms with Crippen LogP contribution in [0, 0.1) is 0 Å². The van der Waals surface area contributed by atoms with Crippen molar-refractivity contribution in [1.82, 2.24) is 14.2 Å². The van der Waals surface area contributed by atoms with E-state index >= 15 is 0 Å². The number of morpholine rings is 1. The van der Waals surface area contributed by atoms with Crippen molar-refractivity contribution in [3.8, 4) is 11.5 Å². The minimum absolute atomic E-state index is 0.139. The Bertz CT molecular complexity index is 1610. The second-order valence-electron chi connectivity index (χ2n) is 10.3. The summed E-state index contributed by atoms with van der Waals surface area (Å²) in [5.41, 5.74) is 1.90. The molecule has 0 saturated carbocycles. The molecule has 0 unspecified atom stereocenters. The topological polar surface area (TPSA) is 102 Å². The normalized spacial score (nSPS) is 14.2. The molecule has 1 aromatic heterocycles. The Labute approximate surface area is 262 Å². The third-order valence-corrected chi connectivity index (χ3v) is 10.7. The molecule has 1 saturated heterocycles. The van der Waals surface area contributed by atoms with Gasteiger partial charge in [-0.3, -0.25) is 14.6 Å². The molecule has 12 heteroatoms. The van der Waals surface area contributed by atoms with E-state index in [2.05, 4.69) is 4.90 Å². The van der Waals surface area contributed by atoms with Gasteiger partial charge in [0.2, 0.25) is 10.0 Å². The van der Waals surface area contributed by atoms with Crippen LogP contribution in [0.3, 0.4) is 0 Å². The Kier molecular flexibility index (Phi) is 10.5. The average Bonchev–Trinajstić information content (AvgIpc) is 3.51. The molecule has 0 spiro atoms. The maximum atomic E-state index is 14.0. The first kappa shape index (κ1) is 31.9. The Morgan fingerprint density at radius 3 is 2.32 bits per heavy atom. The fourth-order valence-corrected chi connectivity index (χ4v) is 7.72. The number of anilines is 1. The van der Waals surface area contributed by atoms with Gasteiger partial charge >= 0.3 is 0 Å². The molecule has 0 bridgehead atoms. The van der Waals surface area contributed by atoms with Gasteiger partial charge in [0.25, 0.3) is 5.91 Å². The van der Waals surface area contributed by atoms with Crippen LogP contribution in [0.2, 0.25) is 0 Å². The predicted octanol–water partition coefficient (Wildman–Crippen LogP) is 4.89.